The van der Waals surface area contributed by atoms with E-state index in [4.69, 9.17) is 11.6 Å². The zero-order chi connectivity index (χ0) is 13.4. The van der Waals surface area contributed by atoms with Crippen molar-refractivity contribution >= 4 is 54.8 Å². The fourth-order valence-corrected chi connectivity index (χ4v) is 4.57. The Morgan fingerprint density at radius 3 is 2.17 bits per heavy atom. The molecule has 2 rings (SSSR count). The zero-order valence-corrected chi connectivity index (χ0v) is 14.5. The molecule has 0 radical (unpaired) electrons. The van der Waals surface area contributed by atoms with Crippen molar-refractivity contribution in [2.75, 3.05) is 0 Å². The lowest BCUT2D eigenvalue weighted by molar-refractivity contribution is 0.624. The minimum absolute atomic E-state index is 0.217. The highest BCUT2D eigenvalue weighted by molar-refractivity contribution is 9.13. The number of hydrogen-bond donors (Lipinski definition) is 0. The first-order chi connectivity index (χ1) is 8.40. The predicted molar refractivity (Wildman–Crippen MR) is 83.3 cm³/mol. The molecule has 2 aromatic rings. The fourth-order valence-electron chi connectivity index (χ4n) is 1.95. The van der Waals surface area contributed by atoms with E-state index in [-0.39, 0.29) is 11.2 Å². The number of halogens is 4. The van der Waals surface area contributed by atoms with E-state index in [1.807, 2.05) is 19.9 Å². The molecule has 1 aromatic carbocycles. The van der Waals surface area contributed by atoms with Crippen molar-refractivity contribution in [3.63, 3.8) is 0 Å². The number of alkyl halides is 1. The van der Waals surface area contributed by atoms with Gasteiger partial charge in [-0.05, 0) is 80.6 Å². The van der Waals surface area contributed by atoms with Gasteiger partial charge in [0.05, 0.1) is 9.16 Å². The zero-order valence-electron chi connectivity index (χ0n) is 9.73. The lowest BCUT2D eigenvalue weighted by Gasteiger charge is -2.14. The van der Waals surface area contributed by atoms with Crippen molar-refractivity contribution < 1.29 is 4.39 Å². The standard InChI is InChI=1S/C13H10Br2ClFS/c1-6-3-8(17)4-7(2)11(6)12(16)10-5-9(14)13(15)18-10/h3-5,12H,1-2H3. The van der Waals surface area contributed by atoms with Gasteiger partial charge < -0.3 is 0 Å². The second kappa shape index (κ2) is 5.61. The van der Waals surface area contributed by atoms with Gasteiger partial charge in [0.25, 0.3) is 0 Å². The van der Waals surface area contributed by atoms with Crippen LogP contribution in [0.5, 0.6) is 0 Å². The molecule has 1 heterocycles. The van der Waals surface area contributed by atoms with Crippen molar-refractivity contribution in [2.24, 2.45) is 0 Å². The third kappa shape index (κ3) is 2.82. The topological polar surface area (TPSA) is 0 Å². The average Bonchev–Trinajstić information content (AvgIpc) is 2.57. The molecule has 1 aromatic heterocycles. The first kappa shape index (κ1) is 14.5. The van der Waals surface area contributed by atoms with Gasteiger partial charge in [-0.15, -0.1) is 22.9 Å². The molecule has 1 atom stereocenters. The van der Waals surface area contributed by atoms with Crippen LogP contribution in [0.1, 0.15) is 26.9 Å². The number of benzene rings is 1. The number of thiophene rings is 1. The maximum absolute atomic E-state index is 13.3. The summed E-state index contributed by atoms with van der Waals surface area (Å²) in [5.74, 6) is -0.217. The van der Waals surface area contributed by atoms with Crippen molar-refractivity contribution in [1.82, 2.24) is 0 Å². The highest BCUT2D eigenvalue weighted by Gasteiger charge is 2.19. The molecule has 0 spiro atoms. The Bertz CT molecular complexity index is 552. The van der Waals surface area contributed by atoms with Gasteiger partial charge in [-0.3, -0.25) is 0 Å². The van der Waals surface area contributed by atoms with E-state index < -0.39 is 0 Å². The molecule has 5 heteroatoms. The summed E-state index contributed by atoms with van der Waals surface area (Å²) in [5.41, 5.74) is 2.75. The summed E-state index contributed by atoms with van der Waals surface area (Å²) in [6, 6.07) is 5.04. The molecule has 96 valence electrons. The molecule has 0 aliphatic rings. The minimum Gasteiger partial charge on any atom is -0.207 e. The molecule has 0 aliphatic heterocycles. The van der Waals surface area contributed by atoms with Crippen LogP contribution < -0.4 is 0 Å². The van der Waals surface area contributed by atoms with Gasteiger partial charge in [-0.25, -0.2) is 4.39 Å². The van der Waals surface area contributed by atoms with E-state index >= 15 is 0 Å². The highest BCUT2D eigenvalue weighted by atomic mass is 79.9. The van der Waals surface area contributed by atoms with Crippen molar-refractivity contribution in [3.05, 3.63) is 53.8 Å². The van der Waals surface area contributed by atoms with Gasteiger partial charge in [-0.1, -0.05) is 0 Å². The van der Waals surface area contributed by atoms with Gasteiger partial charge in [0.1, 0.15) is 5.82 Å². The predicted octanol–water partition coefficient (Wildman–Crippen LogP) is 6.36. The summed E-state index contributed by atoms with van der Waals surface area (Å²) < 4.78 is 15.3. The summed E-state index contributed by atoms with van der Waals surface area (Å²) in [6.07, 6.45) is 0. The molecular weight excluding hydrogens is 402 g/mol. The van der Waals surface area contributed by atoms with E-state index in [0.29, 0.717) is 0 Å². The quantitative estimate of drug-likeness (QED) is 0.504. The maximum atomic E-state index is 13.3. The summed E-state index contributed by atoms with van der Waals surface area (Å²) in [6.45, 7) is 3.77. The van der Waals surface area contributed by atoms with E-state index in [2.05, 4.69) is 31.9 Å². The van der Waals surface area contributed by atoms with Gasteiger partial charge in [0.2, 0.25) is 0 Å². The van der Waals surface area contributed by atoms with E-state index in [1.165, 1.54) is 12.1 Å². The molecule has 0 saturated heterocycles. The Labute approximate surface area is 131 Å². The Balaban J connectivity index is 2.49. The van der Waals surface area contributed by atoms with Crippen LogP contribution in [0.25, 0.3) is 0 Å². The summed E-state index contributed by atoms with van der Waals surface area (Å²) in [5, 5.41) is -0.252. The van der Waals surface area contributed by atoms with Crippen LogP contribution in [0.4, 0.5) is 4.39 Å². The first-order valence-corrected chi connectivity index (χ1v) is 8.09. The van der Waals surface area contributed by atoms with Crippen LogP contribution in [0.3, 0.4) is 0 Å². The van der Waals surface area contributed by atoms with E-state index in [0.717, 1.165) is 29.8 Å². The first-order valence-electron chi connectivity index (χ1n) is 5.25. The molecule has 0 fully saturated rings. The molecule has 0 amide bonds. The lowest BCUT2D eigenvalue weighted by Crippen LogP contribution is -1.99. The Morgan fingerprint density at radius 2 is 1.72 bits per heavy atom. The van der Waals surface area contributed by atoms with Gasteiger partial charge in [-0.2, -0.15) is 0 Å². The third-order valence-corrected chi connectivity index (χ3v) is 6.63. The summed E-state index contributed by atoms with van der Waals surface area (Å²) in [7, 11) is 0. The maximum Gasteiger partial charge on any atom is 0.123 e. The van der Waals surface area contributed by atoms with Gasteiger partial charge in [0.15, 0.2) is 0 Å². The van der Waals surface area contributed by atoms with Crippen molar-refractivity contribution in [3.8, 4) is 0 Å². The monoisotopic (exact) mass is 410 g/mol. The average molecular weight is 413 g/mol. The van der Waals surface area contributed by atoms with Crippen LogP contribution in [0, 0.1) is 19.7 Å². The molecule has 1 unspecified atom stereocenters. The molecule has 0 N–H and O–H groups in total. The molecule has 0 saturated carbocycles. The van der Waals surface area contributed by atoms with Crippen molar-refractivity contribution in [1.29, 1.82) is 0 Å². The van der Waals surface area contributed by atoms with E-state index in [9.17, 15) is 4.39 Å². The van der Waals surface area contributed by atoms with Crippen LogP contribution in [0.15, 0.2) is 26.5 Å². The van der Waals surface area contributed by atoms with Crippen LogP contribution in [-0.2, 0) is 0 Å². The Morgan fingerprint density at radius 1 is 1.17 bits per heavy atom. The SMILES string of the molecule is Cc1cc(F)cc(C)c1C(Cl)c1cc(Br)c(Br)s1. The fraction of sp³-hybridized carbons (Fsp3) is 0.231. The molecule has 0 aliphatic carbocycles. The second-order valence-corrected chi connectivity index (χ2v) is 7.78. The van der Waals surface area contributed by atoms with Gasteiger partial charge in [0, 0.05) is 9.35 Å². The number of rotatable bonds is 2. The normalized spacial score (nSPS) is 12.8. The second-order valence-electron chi connectivity index (χ2n) is 4.09. The number of hydrogen-bond acceptors (Lipinski definition) is 1. The summed E-state index contributed by atoms with van der Waals surface area (Å²) >= 11 is 15.0. The summed E-state index contributed by atoms with van der Waals surface area (Å²) in [4.78, 5) is 1.04. The lowest BCUT2D eigenvalue weighted by atomic mass is 9.99. The van der Waals surface area contributed by atoms with Gasteiger partial charge >= 0.3 is 0 Å². The largest absolute Gasteiger partial charge is 0.207 e. The van der Waals surface area contributed by atoms with Crippen LogP contribution >= 0.6 is 54.8 Å². The van der Waals surface area contributed by atoms with Crippen molar-refractivity contribution in [2.45, 2.75) is 19.2 Å². The number of aryl methyl sites for hydroxylation is 2. The molecular formula is C13H10Br2ClFS. The minimum atomic E-state index is -0.252. The molecule has 0 nitrogen and oxygen atoms in total. The highest BCUT2D eigenvalue weighted by Crippen LogP contribution is 2.42. The van der Waals surface area contributed by atoms with E-state index in [1.54, 1.807) is 11.3 Å². The Hall–Kier alpha value is 0.1000. The third-order valence-electron chi connectivity index (χ3n) is 2.73. The van der Waals surface area contributed by atoms with Crippen LogP contribution in [0.2, 0.25) is 0 Å². The molecule has 18 heavy (non-hydrogen) atoms. The molecule has 0 bridgehead atoms. The Kier molecular flexibility index (Phi) is 4.52. The smallest absolute Gasteiger partial charge is 0.123 e. The van der Waals surface area contributed by atoms with Crippen LogP contribution in [-0.4, -0.2) is 0 Å².